The molecule has 1 heterocycles. The number of hydrogen-bond acceptors (Lipinski definition) is 6. The summed E-state index contributed by atoms with van der Waals surface area (Å²) >= 11 is 1.37. The van der Waals surface area contributed by atoms with Crippen LogP contribution in [0.5, 0.6) is 5.88 Å². The number of hydrogen-bond donors (Lipinski definition) is 2. The molecule has 20 heavy (non-hydrogen) atoms. The van der Waals surface area contributed by atoms with E-state index in [9.17, 15) is 0 Å². The first-order valence-electron chi connectivity index (χ1n) is 6.42. The SMILES string of the molecule is CCC(C)Oc1cc(N)nc(Sc2ccccc2N)n1. The number of aromatic nitrogens is 2. The van der Waals surface area contributed by atoms with Crippen LogP contribution in [0.2, 0.25) is 0 Å². The van der Waals surface area contributed by atoms with Crippen LogP contribution in [0.3, 0.4) is 0 Å². The zero-order chi connectivity index (χ0) is 14.5. The zero-order valence-corrected chi connectivity index (χ0v) is 12.4. The molecule has 0 spiro atoms. The minimum Gasteiger partial charge on any atom is -0.475 e. The van der Waals surface area contributed by atoms with Gasteiger partial charge in [-0.05, 0) is 37.2 Å². The molecule has 0 saturated carbocycles. The lowest BCUT2D eigenvalue weighted by Gasteiger charge is -2.12. The van der Waals surface area contributed by atoms with Crippen molar-refractivity contribution in [3.63, 3.8) is 0 Å². The smallest absolute Gasteiger partial charge is 0.219 e. The molecule has 0 aliphatic heterocycles. The first-order chi connectivity index (χ1) is 9.58. The maximum absolute atomic E-state index is 5.91. The Morgan fingerprint density at radius 2 is 2.00 bits per heavy atom. The van der Waals surface area contributed by atoms with E-state index in [1.165, 1.54) is 11.8 Å². The van der Waals surface area contributed by atoms with Crippen molar-refractivity contribution < 1.29 is 4.74 Å². The van der Waals surface area contributed by atoms with Crippen molar-refractivity contribution in [2.24, 2.45) is 0 Å². The molecule has 5 nitrogen and oxygen atoms in total. The van der Waals surface area contributed by atoms with Crippen molar-refractivity contribution in [3.05, 3.63) is 30.3 Å². The molecular formula is C14H18N4OS. The summed E-state index contributed by atoms with van der Waals surface area (Å²) < 4.78 is 5.68. The molecule has 1 aromatic heterocycles. The van der Waals surface area contributed by atoms with Crippen LogP contribution < -0.4 is 16.2 Å². The van der Waals surface area contributed by atoms with E-state index in [4.69, 9.17) is 16.2 Å². The van der Waals surface area contributed by atoms with Gasteiger partial charge in [-0.15, -0.1) is 0 Å². The third-order valence-electron chi connectivity index (χ3n) is 2.72. The standard InChI is InChI=1S/C14H18N4OS/c1-3-9(2)19-13-8-12(16)17-14(18-13)20-11-7-5-4-6-10(11)15/h4-9H,3,15H2,1-2H3,(H2,16,17,18). The fraction of sp³-hybridized carbons (Fsp3) is 0.286. The van der Waals surface area contributed by atoms with Gasteiger partial charge < -0.3 is 16.2 Å². The summed E-state index contributed by atoms with van der Waals surface area (Å²) in [5, 5.41) is 0.529. The van der Waals surface area contributed by atoms with E-state index in [0.717, 1.165) is 11.3 Å². The lowest BCUT2D eigenvalue weighted by atomic mass is 10.3. The van der Waals surface area contributed by atoms with E-state index >= 15 is 0 Å². The largest absolute Gasteiger partial charge is 0.475 e. The topological polar surface area (TPSA) is 87.0 Å². The number of benzene rings is 1. The van der Waals surface area contributed by atoms with Gasteiger partial charge in [0.2, 0.25) is 5.88 Å². The molecule has 0 aliphatic rings. The first-order valence-corrected chi connectivity index (χ1v) is 7.23. The fourth-order valence-corrected chi connectivity index (χ4v) is 2.30. The van der Waals surface area contributed by atoms with E-state index in [2.05, 4.69) is 16.9 Å². The van der Waals surface area contributed by atoms with Gasteiger partial charge in [-0.1, -0.05) is 19.1 Å². The predicted molar refractivity (Wildman–Crippen MR) is 81.8 cm³/mol. The molecule has 4 N–H and O–H groups in total. The van der Waals surface area contributed by atoms with Gasteiger partial charge in [0.1, 0.15) is 5.82 Å². The molecule has 0 fully saturated rings. The van der Waals surface area contributed by atoms with Crippen LogP contribution in [0.4, 0.5) is 11.5 Å². The maximum atomic E-state index is 5.91. The lowest BCUT2D eigenvalue weighted by molar-refractivity contribution is 0.207. The third-order valence-corrected chi connectivity index (χ3v) is 3.68. The molecule has 0 amide bonds. The monoisotopic (exact) mass is 290 g/mol. The normalized spacial score (nSPS) is 12.1. The number of nitrogen functional groups attached to an aromatic ring is 2. The molecule has 0 aliphatic carbocycles. The Labute approximate surface area is 122 Å². The molecule has 1 aromatic carbocycles. The maximum Gasteiger partial charge on any atom is 0.219 e. The summed E-state index contributed by atoms with van der Waals surface area (Å²) in [5.74, 6) is 0.874. The van der Waals surface area contributed by atoms with E-state index in [1.54, 1.807) is 6.07 Å². The van der Waals surface area contributed by atoms with Crippen molar-refractivity contribution >= 4 is 23.3 Å². The molecule has 1 atom stereocenters. The summed E-state index contributed by atoms with van der Waals surface area (Å²) in [6.07, 6.45) is 0.988. The van der Waals surface area contributed by atoms with Gasteiger partial charge in [0.25, 0.3) is 0 Å². The predicted octanol–water partition coefficient (Wildman–Crippen LogP) is 2.97. The number of nitrogens with two attached hydrogens (primary N) is 2. The molecule has 2 rings (SSSR count). The molecular weight excluding hydrogens is 272 g/mol. The Morgan fingerprint density at radius 3 is 2.70 bits per heavy atom. The van der Waals surface area contributed by atoms with Gasteiger partial charge in [0, 0.05) is 16.6 Å². The van der Waals surface area contributed by atoms with Gasteiger partial charge in [0.15, 0.2) is 5.16 Å². The van der Waals surface area contributed by atoms with Gasteiger partial charge in [-0.3, -0.25) is 0 Å². The van der Waals surface area contributed by atoms with Crippen molar-refractivity contribution in [2.45, 2.75) is 36.4 Å². The van der Waals surface area contributed by atoms with Crippen LogP contribution in [-0.4, -0.2) is 16.1 Å². The summed E-state index contributed by atoms with van der Waals surface area (Å²) in [6, 6.07) is 9.19. The van der Waals surface area contributed by atoms with Crippen LogP contribution in [0.25, 0.3) is 0 Å². The second-order valence-electron chi connectivity index (χ2n) is 4.39. The molecule has 106 valence electrons. The first kappa shape index (κ1) is 14.5. The van der Waals surface area contributed by atoms with Crippen LogP contribution in [-0.2, 0) is 0 Å². The fourth-order valence-electron chi connectivity index (χ4n) is 1.49. The van der Waals surface area contributed by atoms with Crippen LogP contribution in [0, 0.1) is 0 Å². The van der Waals surface area contributed by atoms with Crippen LogP contribution in [0.1, 0.15) is 20.3 Å². The molecule has 1 unspecified atom stereocenters. The van der Waals surface area contributed by atoms with Crippen molar-refractivity contribution in [3.8, 4) is 5.88 Å². The highest BCUT2D eigenvalue weighted by molar-refractivity contribution is 7.99. The number of rotatable bonds is 5. The highest BCUT2D eigenvalue weighted by Crippen LogP contribution is 2.31. The number of para-hydroxylation sites is 1. The Bertz CT molecular complexity index is 591. The van der Waals surface area contributed by atoms with Crippen molar-refractivity contribution in [1.29, 1.82) is 0 Å². The average Bonchev–Trinajstić information content (AvgIpc) is 2.40. The highest BCUT2D eigenvalue weighted by Gasteiger charge is 2.09. The van der Waals surface area contributed by atoms with E-state index in [1.807, 2.05) is 31.2 Å². The summed E-state index contributed by atoms with van der Waals surface area (Å²) in [7, 11) is 0. The molecule has 6 heteroatoms. The van der Waals surface area contributed by atoms with Crippen LogP contribution >= 0.6 is 11.8 Å². The second kappa shape index (κ2) is 6.47. The Balaban J connectivity index is 2.22. The van der Waals surface area contributed by atoms with Gasteiger partial charge >= 0.3 is 0 Å². The van der Waals surface area contributed by atoms with E-state index in [0.29, 0.717) is 22.5 Å². The Kier molecular flexibility index (Phi) is 4.68. The van der Waals surface area contributed by atoms with Gasteiger partial charge in [-0.25, -0.2) is 4.98 Å². The highest BCUT2D eigenvalue weighted by atomic mass is 32.2. The Morgan fingerprint density at radius 1 is 1.25 bits per heavy atom. The summed E-state index contributed by atoms with van der Waals surface area (Å²) in [5.41, 5.74) is 12.4. The molecule has 0 saturated heterocycles. The Hall–Kier alpha value is -1.95. The number of ether oxygens (including phenoxy) is 1. The summed E-state index contributed by atoms with van der Waals surface area (Å²) in [6.45, 7) is 4.04. The summed E-state index contributed by atoms with van der Waals surface area (Å²) in [4.78, 5) is 9.45. The molecule has 0 bridgehead atoms. The number of nitrogens with zero attached hydrogens (tertiary/aromatic N) is 2. The zero-order valence-electron chi connectivity index (χ0n) is 11.5. The van der Waals surface area contributed by atoms with Gasteiger partial charge in [0.05, 0.1) is 6.10 Å². The second-order valence-corrected chi connectivity index (χ2v) is 5.40. The number of anilines is 2. The minimum atomic E-state index is 0.0870. The quantitative estimate of drug-likeness (QED) is 0.650. The van der Waals surface area contributed by atoms with Crippen molar-refractivity contribution in [2.75, 3.05) is 11.5 Å². The minimum absolute atomic E-state index is 0.0870. The van der Waals surface area contributed by atoms with E-state index < -0.39 is 0 Å². The van der Waals surface area contributed by atoms with Crippen LogP contribution in [0.15, 0.2) is 40.4 Å². The molecule has 0 radical (unpaired) electrons. The van der Waals surface area contributed by atoms with Crippen molar-refractivity contribution in [1.82, 2.24) is 9.97 Å². The van der Waals surface area contributed by atoms with Gasteiger partial charge in [-0.2, -0.15) is 4.98 Å². The average molecular weight is 290 g/mol. The molecule has 2 aromatic rings. The third kappa shape index (κ3) is 3.77. The van der Waals surface area contributed by atoms with E-state index in [-0.39, 0.29) is 6.10 Å². The lowest BCUT2D eigenvalue weighted by Crippen LogP contribution is -2.11.